The maximum Gasteiger partial charge on any atom is 0.163 e. The Kier molecular flexibility index (Phi) is 4.05. The van der Waals surface area contributed by atoms with Gasteiger partial charge in [0.15, 0.2) is 5.79 Å². The normalized spacial score (nSPS) is 22.3. The van der Waals surface area contributed by atoms with E-state index in [1.165, 1.54) is 16.7 Å². The second kappa shape index (κ2) is 5.39. The number of ether oxygens (including phenoxy) is 2. The van der Waals surface area contributed by atoms with Gasteiger partial charge in [-0.15, -0.1) is 0 Å². The lowest BCUT2D eigenvalue weighted by Crippen LogP contribution is -2.30. The molecule has 0 aliphatic carbocycles. The van der Waals surface area contributed by atoms with Crippen LogP contribution in [0.4, 0.5) is 0 Å². The lowest BCUT2D eigenvalue weighted by atomic mass is 10.1. The van der Waals surface area contributed by atoms with Crippen molar-refractivity contribution in [1.82, 2.24) is 5.32 Å². The summed E-state index contributed by atoms with van der Waals surface area (Å²) in [6.45, 7) is 10.6. The molecule has 1 heterocycles. The molecule has 1 unspecified atom stereocenters. The smallest absolute Gasteiger partial charge is 0.163 e. The van der Waals surface area contributed by atoms with Crippen molar-refractivity contribution in [2.24, 2.45) is 0 Å². The van der Waals surface area contributed by atoms with Gasteiger partial charge in [0, 0.05) is 13.1 Å². The average Bonchev–Trinajstić information content (AvgIpc) is 2.63. The summed E-state index contributed by atoms with van der Waals surface area (Å²) in [6, 6.07) is 6.55. The molecule has 1 aliphatic rings. The van der Waals surface area contributed by atoms with Crippen LogP contribution in [-0.2, 0) is 16.0 Å². The molecule has 1 aromatic rings. The Morgan fingerprint density at radius 3 is 2.78 bits per heavy atom. The first-order valence-corrected chi connectivity index (χ1v) is 6.55. The minimum atomic E-state index is -0.425. The number of hydrogen-bond acceptors (Lipinski definition) is 3. The molecule has 0 aromatic heterocycles. The third kappa shape index (κ3) is 3.55. The summed E-state index contributed by atoms with van der Waals surface area (Å²) >= 11 is 0. The van der Waals surface area contributed by atoms with Crippen molar-refractivity contribution in [3.63, 3.8) is 0 Å². The fraction of sp³-hybridized carbons (Fsp3) is 0.600. The molecular weight excluding hydrogens is 226 g/mol. The summed E-state index contributed by atoms with van der Waals surface area (Å²) in [5, 5.41) is 3.44. The van der Waals surface area contributed by atoms with Crippen LogP contribution in [0.5, 0.6) is 0 Å². The SMILES string of the molecule is Cc1ccc(C)c(CNCC2COC(C)(C)O2)c1. The predicted octanol–water partition coefficient (Wildman–Crippen LogP) is 2.54. The van der Waals surface area contributed by atoms with Crippen molar-refractivity contribution < 1.29 is 9.47 Å². The molecule has 1 aromatic carbocycles. The summed E-state index contributed by atoms with van der Waals surface area (Å²) in [5.74, 6) is -0.425. The van der Waals surface area contributed by atoms with Crippen molar-refractivity contribution in [3.8, 4) is 0 Å². The van der Waals surface area contributed by atoms with Gasteiger partial charge < -0.3 is 14.8 Å². The van der Waals surface area contributed by atoms with E-state index in [0.717, 1.165) is 13.1 Å². The average molecular weight is 249 g/mol. The molecule has 0 amide bonds. The Morgan fingerprint density at radius 1 is 1.33 bits per heavy atom. The fourth-order valence-electron chi connectivity index (χ4n) is 2.22. The van der Waals surface area contributed by atoms with Crippen molar-refractivity contribution in [3.05, 3.63) is 34.9 Å². The molecule has 2 rings (SSSR count). The van der Waals surface area contributed by atoms with Gasteiger partial charge in [0.25, 0.3) is 0 Å². The zero-order valence-electron chi connectivity index (χ0n) is 11.7. The first kappa shape index (κ1) is 13.5. The van der Waals surface area contributed by atoms with E-state index in [4.69, 9.17) is 9.47 Å². The molecular formula is C15H23NO2. The maximum absolute atomic E-state index is 5.76. The number of rotatable bonds is 4. The Labute approximate surface area is 109 Å². The summed E-state index contributed by atoms with van der Waals surface area (Å²) in [7, 11) is 0. The molecule has 100 valence electrons. The Balaban J connectivity index is 1.80. The van der Waals surface area contributed by atoms with Gasteiger partial charge in [-0.1, -0.05) is 23.8 Å². The van der Waals surface area contributed by atoms with Crippen LogP contribution in [0.15, 0.2) is 18.2 Å². The van der Waals surface area contributed by atoms with E-state index in [0.29, 0.717) is 6.61 Å². The highest BCUT2D eigenvalue weighted by atomic mass is 16.7. The highest BCUT2D eigenvalue weighted by Crippen LogP contribution is 2.21. The third-order valence-corrected chi connectivity index (χ3v) is 3.26. The summed E-state index contributed by atoms with van der Waals surface area (Å²) < 4.78 is 11.3. The van der Waals surface area contributed by atoms with E-state index in [2.05, 4.69) is 37.4 Å². The van der Waals surface area contributed by atoms with Crippen molar-refractivity contribution in [2.75, 3.05) is 13.2 Å². The molecule has 0 spiro atoms. The van der Waals surface area contributed by atoms with Gasteiger partial charge in [-0.05, 0) is 38.8 Å². The van der Waals surface area contributed by atoms with Gasteiger partial charge >= 0.3 is 0 Å². The predicted molar refractivity (Wildman–Crippen MR) is 72.5 cm³/mol. The summed E-state index contributed by atoms with van der Waals surface area (Å²) in [6.07, 6.45) is 0.158. The molecule has 18 heavy (non-hydrogen) atoms. The molecule has 3 heteroatoms. The van der Waals surface area contributed by atoms with Gasteiger partial charge in [0.2, 0.25) is 0 Å². The Bertz CT molecular complexity index is 415. The molecule has 1 fully saturated rings. The van der Waals surface area contributed by atoms with Gasteiger partial charge in [0.1, 0.15) is 0 Å². The van der Waals surface area contributed by atoms with Gasteiger partial charge in [-0.25, -0.2) is 0 Å². The van der Waals surface area contributed by atoms with Crippen LogP contribution in [0.25, 0.3) is 0 Å². The molecule has 1 N–H and O–H groups in total. The van der Waals surface area contributed by atoms with Crippen LogP contribution >= 0.6 is 0 Å². The second-order valence-electron chi connectivity index (χ2n) is 5.51. The lowest BCUT2D eigenvalue weighted by Gasteiger charge is -2.17. The first-order valence-electron chi connectivity index (χ1n) is 6.55. The van der Waals surface area contributed by atoms with Crippen molar-refractivity contribution in [1.29, 1.82) is 0 Å². The van der Waals surface area contributed by atoms with Gasteiger partial charge in [0.05, 0.1) is 12.7 Å². The Hall–Kier alpha value is -0.900. The van der Waals surface area contributed by atoms with E-state index in [1.807, 2.05) is 13.8 Å². The summed E-state index contributed by atoms with van der Waals surface area (Å²) in [5.41, 5.74) is 3.99. The first-order chi connectivity index (χ1) is 8.46. The summed E-state index contributed by atoms with van der Waals surface area (Å²) in [4.78, 5) is 0. The monoisotopic (exact) mass is 249 g/mol. The van der Waals surface area contributed by atoms with Crippen LogP contribution in [0, 0.1) is 13.8 Å². The molecule has 3 nitrogen and oxygen atoms in total. The number of aryl methyl sites for hydroxylation is 2. The van der Waals surface area contributed by atoms with Crippen LogP contribution in [0.3, 0.4) is 0 Å². The van der Waals surface area contributed by atoms with E-state index in [-0.39, 0.29) is 6.10 Å². The zero-order valence-corrected chi connectivity index (χ0v) is 11.7. The van der Waals surface area contributed by atoms with Gasteiger partial charge in [-0.3, -0.25) is 0 Å². The highest BCUT2D eigenvalue weighted by Gasteiger charge is 2.32. The van der Waals surface area contributed by atoms with E-state index < -0.39 is 5.79 Å². The number of hydrogen-bond donors (Lipinski definition) is 1. The van der Waals surface area contributed by atoms with Crippen LogP contribution in [-0.4, -0.2) is 25.0 Å². The van der Waals surface area contributed by atoms with Crippen LogP contribution < -0.4 is 5.32 Å². The molecule has 1 atom stereocenters. The third-order valence-electron chi connectivity index (χ3n) is 3.26. The molecule has 0 radical (unpaired) electrons. The highest BCUT2D eigenvalue weighted by molar-refractivity contribution is 5.30. The van der Waals surface area contributed by atoms with E-state index in [1.54, 1.807) is 0 Å². The molecule has 0 bridgehead atoms. The van der Waals surface area contributed by atoms with Gasteiger partial charge in [-0.2, -0.15) is 0 Å². The van der Waals surface area contributed by atoms with Crippen LogP contribution in [0.1, 0.15) is 30.5 Å². The quantitative estimate of drug-likeness (QED) is 0.889. The number of nitrogens with one attached hydrogen (secondary N) is 1. The molecule has 0 saturated carbocycles. The Morgan fingerprint density at radius 2 is 2.11 bits per heavy atom. The lowest BCUT2D eigenvalue weighted by molar-refractivity contribution is -0.137. The fourth-order valence-corrected chi connectivity index (χ4v) is 2.22. The standard InChI is InChI=1S/C15H23NO2/c1-11-5-6-12(2)13(7-11)8-16-9-14-10-17-15(3,4)18-14/h5-7,14,16H,8-10H2,1-4H3. The van der Waals surface area contributed by atoms with Crippen molar-refractivity contribution >= 4 is 0 Å². The van der Waals surface area contributed by atoms with E-state index in [9.17, 15) is 0 Å². The second-order valence-corrected chi connectivity index (χ2v) is 5.51. The van der Waals surface area contributed by atoms with Crippen molar-refractivity contribution in [2.45, 2.75) is 46.1 Å². The topological polar surface area (TPSA) is 30.5 Å². The molecule has 1 aliphatic heterocycles. The zero-order chi connectivity index (χ0) is 13.2. The molecule has 1 saturated heterocycles. The maximum atomic E-state index is 5.76. The van der Waals surface area contributed by atoms with E-state index >= 15 is 0 Å². The number of benzene rings is 1. The largest absolute Gasteiger partial charge is 0.348 e. The minimum absolute atomic E-state index is 0.158. The van der Waals surface area contributed by atoms with Crippen LogP contribution in [0.2, 0.25) is 0 Å². The minimum Gasteiger partial charge on any atom is -0.348 e.